The van der Waals surface area contributed by atoms with Crippen molar-refractivity contribution in [2.24, 2.45) is 0 Å². The van der Waals surface area contributed by atoms with Gasteiger partial charge in [-0.25, -0.2) is 4.39 Å². The fraction of sp³-hybridized carbons (Fsp3) is 0.102. The second kappa shape index (κ2) is 13.2. The number of aryl methyl sites for hydroxylation is 1. The largest absolute Gasteiger partial charge is 0.310 e. The van der Waals surface area contributed by atoms with Gasteiger partial charge in [0.1, 0.15) is 5.82 Å². The van der Waals surface area contributed by atoms with Gasteiger partial charge in [0.2, 0.25) is 0 Å². The van der Waals surface area contributed by atoms with E-state index in [4.69, 9.17) is 0 Å². The first-order valence-corrected chi connectivity index (χ1v) is 17.9. The highest BCUT2D eigenvalue weighted by Gasteiger charge is 2.39. The Bertz CT molecular complexity index is 2490. The van der Waals surface area contributed by atoms with Crippen molar-refractivity contribution in [3.8, 4) is 11.1 Å². The van der Waals surface area contributed by atoms with E-state index in [9.17, 15) is 4.39 Å². The highest BCUT2D eigenvalue weighted by molar-refractivity contribution is 6.01. The van der Waals surface area contributed by atoms with Crippen LogP contribution >= 0.6 is 0 Å². The van der Waals surface area contributed by atoms with Gasteiger partial charge in [0, 0.05) is 39.1 Å². The molecule has 1 aliphatic carbocycles. The van der Waals surface area contributed by atoms with Crippen LogP contribution < -0.4 is 9.80 Å². The van der Waals surface area contributed by atoms with Crippen molar-refractivity contribution >= 4 is 57.0 Å². The summed E-state index contributed by atoms with van der Waals surface area (Å²) in [5.74, 6) is -0.277. The smallest absolute Gasteiger partial charge is 0.125 e. The minimum atomic E-state index is -0.357. The lowest BCUT2D eigenvalue weighted by atomic mass is 9.81. The van der Waals surface area contributed by atoms with Crippen LogP contribution in [0.2, 0.25) is 0 Å². The van der Waals surface area contributed by atoms with Gasteiger partial charge in [-0.1, -0.05) is 123 Å². The number of rotatable bonds is 8. The number of anilines is 6. The van der Waals surface area contributed by atoms with Crippen molar-refractivity contribution in [2.75, 3.05) is 9.80 Å². The molecular formula is C49H41FN2. The Morgan fingerprint density at radius 3 is 1.98 bits per heavy atom. The number of hydrogen-bond acceptors (Lipinski definition) is 2. The van der Waals surface area contributed by atoms with E-state index in [2.05, 4.69) is 152 Å². The zero-order chi connectivity index (χ0) is 36.0. The Kier molecular flexibility index (Phi) is 8.35. The van der Waals surface area contributed by atoms with E-state index >= 15 is 0 Å². The summed E-state index contributed by atoms with van der Waals surface area (Å²) in [6, 6.07) is 50.2. The molecule has 7 aromatic rings. The Hall–Kier alpha value is -6.19. The third kappa shape index (κ3) is 5.50. The second-order valence-electron chi connectivity index (χ2n) is 14.0. The van der Waals surface area contributed by atoms with Crippen molar-refractivity contribution in [1.29, 1.82) is 0 Å². The molecule has 0 radical (unpaired) electrons. The maximum absolute atomic E-state index is 14.9. The minimum Gasteiger partial charge on any atom is -0.310 e. The predicted molar refractivity (Wildman–Crippen MR) is 220 cm³/mol. The number of hydrogen-bond donors (Lipinski definition) is 0. The summed E-state index contributed by atoms with van der Waals surface area (Å²) < 4.78 is 14.9. The highest BCUT2D eigenvalue weighted by Crippen LogP contribution is 2.55. The number of halogens is 1. The zero-order valence-corrected chi connectivity index (χ0v) is 30.1. The SMILES string of the molecule is C=Cc1c(/C=C\C)c(N(c2ccccc2)c2cccc(F)c2)cc2c1-c1ccc(N(c3ccc(C)cc3)c3cccc4ccccc34)cc1C2(C)C. The molecule has 0 saturated carbocycles. The molecule has 0 N–H and O–H groups in total. The van der Waals surface area contributed by atoms with E-state index < -0.39 is 0 Å². The maximum Gasteiger partial charge on any atom is 0.125 e. The van der Waals surface area contributed by atoms with Crippen LogP contribution in [0.3, 0.4) is 0 Å². The topological polar surface area (TPSA) is 6.48 Å². The van der Waals surface area contributed by atoms with Crippen molar-refractivity contribution in [2.45, 2.75) is 33.1 Å². The molecular weight excluding hydrogens is 636 g/mol. The van der Waals surface area contributed by atoms with Gasteiger partial charge in [-0.05, 0) is 114 Å². The van der Waals surface area contributed by atoms with Gasteiger partial charge in [-0.15, -0.1) is 0 Å². The van der Waals surface area contributed by atoms with E-state index in [-0.39, 0.29) is 11.2 Å². The molecule has 0 aromatic heterocycles. The van der Waals surface area contributed by atoms with Gasteiger partial charge < -0.3 is 9.80 Å². The van der Waals surface area contributed by atoms with E-state index in [1.54, 1.807) is 12.1 Å². The average molecular weight is 677 g/mol. The second-order valence-corrected chi connectivity index (χ2v) is 14.0. The van der Waals surface area contributed by atoms with Crippen molar-refractivity contribution in [3.63, 3.8) is 0 Å². The fourth-order valence-electron chi connectivity index (χ4n) is 7.92. The van der Waals surface area contributed by atoms with Gasteiger partial charge in [0.05, 0.1) is 11.4 Å². The normalized spacial score (nSPS) is 12.9. The van der Waals surface area contributed by atoms with Crippen LogP contribution in [0.1, 0.15) is 48.6 Å². The molecule has 8 rings (SSSR count). The molecule has 52 heavy (non-hydrogen) atoms. The van der Waals surface area contributed by atoms with Crippen LogP contribution in [0.5, 0.6) is 0 Å². The molecule has 0 atom stereocenters. The lowest BCUT2D eigenvalue weighted by molar-refractivity contribution is 0.628. The van der Waals surface area contributed by atoms with Gasteiger partial charge in [-0.3, -0.25) is 0 Å². The van der Waals surface area contributed by atoms with E-state index in [0.717, 1.165) is 45.3 Å². The molecule has 0 heterocycles. The molecule has 2 nitrogen and oxygen atoms in total. The number of nitrogens with zero attached hydrogens (tertiary/aromatic N) is 2. The molecule has 254 valence electrons. The molecule has 0 spiro atoms. The first-order valence-electron chi connectivity index (χ1n) is 17.9. The maximum atomic E-state index is 14.9. The lowest BCUT2D eigenvalue weighted by Crippen LogP contribution is -2.18. The molecule has 1 aliphatic rings. The summed E-state index contributed by atoms with van der Waals surface area (Å²) in [6.07, 6.45) is 6.21. The first kappa shape index (κ1) is 33.0. The van der Waals surface area contributed by atoms with Crippen LogP contribution in [-0.4, -0.2) is 0 Å². The van der Waals surface area contributed by atoms with Crippen LogP contribution in [0.4, 0.5) is 38.5 Å². The Labute approximate surface area is 306 Å². The van der Waals surface area contributed by atoms with Gasteiger partial charge in [-0.2, -0.15) is 0 Å². The Morgan fingerprint density at radius 2 is 1.23 bits per heavy atom. The molecule has 3 heteroatoms. The van der Waals surface area contributed by atoms with Crippen molar-refractivity contribution in [1.82, 2.24) is 0 Å². The van der Waals surface area contributed by atoms with Crippen LogP contribution in [-0.2, 0) is 5.41 Å². The van der Waals surface area contributed by atoms with Gasteiger partial charge in [0.15, 0.2) is 0 Å². The lowest BCUT2D eigenvalue weighted by Gasteiger charge is -2.31. The number of benzene rings is 7. The summed E-state index contributed by atoms with van der Waals surface area (Å²) in [5, 5.41) is 2.40. The van der Waals surface area contributed by atoms with Crippen LogP contribution in [0.25, 0.3) is 34.1 Å². The summed E-state index contributed by atoms with van der Waals surface area (Å²) >= 11 is 0. The summed E-state index contributed by atoms with van der Waals surface area (Å²) in [7, 11) is 0. The third-order valence-electron chi connectivity index (χ3n) is 10.4. The predicted octanol–water partition coefficient (Wildman–Crippen LogP) is 14.2. The Balaban J connectivity index is 1.36. The Morgan fingerprint density at radius 1 is 0.596 bits per heavy atom. The fourth-order valence-corrected chi connectivity index (χ4v) is 7.92. The summed E-state index contributed by atoms with van der Waals surface area (Å²) in [6.45, 7) is 13.2. The van der Waals surface area contributed by atoms with Crippen LogP contribution in [0, 0.1) is 12.7 Å². The summed E-state index contributed by atoms with van der Waals surface area (Å²) in [4.78, 5) is 4.54. The van der Waals surface area contributed by atoms with E-state index in [1.807, 2.05) is 37.3 Å². The number of fused-ring (bicyclic) bond motifs is 4. The van der Waals surface area contributed by atoms with Gasteiger partial charge >= 0.3 is 0 Å². The van der Waals surface area contributed by atoms with Crippen LogP contribution in [0.15, 0.2) is 158 Å². The molecule has 0 aliphatic heterocycles. The molecule has 0 amide bonds. The van der Waals surface area contributed by atoms with Crippen molar-refractivity contribution < 1.29 is 4.39 Å². The highest BCUT2D eigenvalue weighted by atomic mass is 19.1. The van der Waals surface area contributed by atoms with Crippen molar-refractivity contribution in [3.05, 3.63) is 192 Å². The molecule has 0 unspecified atom stereocenters. The first-order chi connectivity index (χ1) is 25.3. The minimum absolute atomic E-state index is 0.277. The monoisotopic (exact) mass is 676 g/mol. The molecule has 0 fully saturated rings. The number of allylic oxidation sites excluding steroid dienone is 1. The molecule has 0 saturated heterocycles. The zero-order valence-electron chi connectivity index (χ0n) is 30.1. The average Bonchev–Trinajstić information content (AvgIpc) is 3.38. The van der Waals surface area contributed by atoms with E-state index in [0.29, 0.717) is 0 Å². The molecule has 0 bridgehead atoms. The van der Waals surface area contributed by atoms with Gasteiger partial charge in [0.25, 0.3) is 0 Å². The standard InChI is InChI=1S/C49H41FN2/c1-6-15-42-40(7-2)48-43-29-28-39(51(37-26-24-33(3)25-27-37)46-23-13-17-34-16-11-12-22-41(34)46)31-44(43)49(4,5)45(48)32-47(42)52(36-19-9-8-10-20-36)38-21-14-18-35(50)30-38/h6-32H,2H2,1,3-5H3/b15-6-. The van der Waals surface area contributed by atoms with E-state index in [1.165, 1.54) is 44.7 Å². The quantitative estimate of drug-likeness (QED) is 0.158. The molecule has 7 aromatic carbocycles. The summed E-state index contributed by atoms with van der Waals surface area (Å²) in [5.41, 5.74) is 13.8. The number of para-hydroxylation sites is 1. The third-order valence-corrected chi connectivity index (χ3v) is 10.4.